The van der Waals surface area contributed by atoms with E-state index in [9.17, 15) is 4.79 Å². The summed E-state index contributed by atoms with van der Waals surface area (Å²) in [5, 5.41) is 3.95. The van der Waals surface area contributed by atoms with E-state index in [2.05, 4.69) is 26.5 Å². The van der Waals surface area contributed by atoms with Crippen LogP contribution in [0.1, 0.15) is 15.9 Å². The Morgan fingerprint density at radius 1 is 1.14 bits per heavy atom. The monoisotopic (exact) mass is 362 g/mol. The van der Waals surface area contributed by atoms with Gasteiger partial charge in [-0.3, -0.25) is 4.79 Å². The van der Waals surface area contributed by atoms with Gasteiger partial charge in [-0.15, -0.1) is 0 Å². The number of nitrogens with one attached hydrogen (secondary N) is 1. The molecule has 0 saturated heterocycles. The van der Waals surface area contributed by atoms with Crippen molar-refractivity contribution in [1.82, 2.24) is 5.43 Å². The van der Waals surface area contributed by atoms with Crippen molar-refractivity contribution in [2.45, 2.75) is 0 Å². The van der Waals surface area contributed by atoms with E-state index in [1.807, 2.05) is 24.3 Å². The molecule has 6 heteroatoms. The van der Waals surface area contributed by atoms with E-state index in [0.717, 1.165) is 10.0 Å². The van der Waals surface area contributed by atoms with Crippen LogP contribution in [-0.4, -0.2) is 26.3 Å². The molecule has 0 saturated carbocycles. The van der Waals surface area contributed by atoms with Gasteiger partial charge in [0.1, 0.15) is 0 Å². The molecule has 0 atom stereocenters. The zero-order valence-electron chi connectivity index (χ0n) is 12.2. The van der Waals surface area contributed by atoms with Crippen LogP contribution >= 0.6 is 15.9 Å². The summed E-state index contributed by atoms with van der Waals surface area (Å²) in [6, 6.07) is 12.5. The number of amides is 1. The summed E-state index contributed by atoms with van der Waals surface area (Å²) >= 11 is 3.41. The highest BCUT2D eigenvalue weighted by Gasteiger charge is 2.09. The Morgan fingerprint density at radius 3 is 2.55 bits per heavy atom. The average Bonchev–Trinajstić information content (AvgIpc) is 2.55. The first-order valence-electron chi connectivity index (χ1n) is 6.45. The number of benzene rings is 2. The lowest BCUT2D eigenvalue weighted by Crippen LogP contribution is -2.17. The minimum Gasteiger partial charge on any atom is -0.493 e. The van der Waals surface area contributed by atoms with E-state index in [-0.39, 0.29) is 5.91 Å². The van der Waals surface area contributed by atoms with Crippen LogP contribution in [0.2, 0.25) is 0 Å². The van der Waals surface area contributed by atoms with Crippen molar-refractivity contribution < 1.29 is 14.3 Å². The Morgan fingerprint density at radius 2 is 1.86 bits per heavy atom. The molecule has 1 amide bonds. The molecule has 0 unspecified atom stereocenters. The van der Waals surface area contributed by atoms with Gasteiger partial charge in [0.05, 0.1) is 20.4 Å². The summed E-state index contributed by atoms with van der Waals surface area (Å²) in [5.41, 5.74) is 3.78. The maximum Gasteiger partial charge on any atom is 0.271 e. The smallest absolute Gasteiger partial charge is 0.271 e. The zero-order valence-corrected chi connectivity index (χ0v) is 13.8. The zero-order chi connectivity index (χ0) is 15.9. The molecule has 5 nitrogen and oxygen atoms in total. The lowest BCUT2D eigenvalue weighted by atomic mass is 10.2. The van der Waals surface area contributed by atoms with Gasteiger partial charge >= 0.3 is 0 Å². The summed E-state index contributed by atoms with van der Waals surface area (Å²) in [6.07, 6.45) is 1.57. The van der Waals surface area contributed by atoms with E-state index in [1.165, 1.54) is 7.11 Å². The summed E-state index contributed by atoms with van der Waals surface area (Å²) in [7, 11) is 3.06. The number of hydrogen-bond acceptors (Lipinski definition) is 4. The number of hydrogen-bond donors (Lipinski definition) is 1. The Labute approximate surface area is 137 Å². The predicted octanol–water partition coefficient (Wildman–Crippen LogP) is 3.23. The molecule has 22 heavy (non-hydrogen) atoms. The molecule has 2 rings (SSSR count). The number of ether oxygens (including phenoxy) is 2. The molecule has 0 aliphatic carbocycles. The maximum absolute atomic E-state index is 12.1. The molecule has 0 aliphatic rings. The molecule has 0 fully saturated rings. The van der Waals surface area contributed by atoms with Crippen LogP contribution in [-0.2, 0) is 0 Å². The third-order valence-corrected chi connectivity index (χ3v) is 3.64. The largest absolute Gasteiger partial charge is 0.493 e. The second-order valence-corrected chi connectivity index (χ2v) is 5.14. The normalized spacial score (nSPS) is 10.5. The van der Waals surface area contributed by atoms with Crippen LogP contribution in [0.15, 0.2) is 52.0 Å². The van der Waals surface area contributed by atoms with Crippen LogP contribution in [0.25, 0.3) is 0 Å². The van der Waals surface area contributed by atoms with Gasteiger partial charge in [-0.25, -0.2) is 5.43 Å². The first-order valence-corrected chi connectivity index (χ1v) is 7.25. The maximum atomic E-state index is 12.1. The SMILES string of the molecule is COc1ccc(C(=O)N/N=C/c2ccccc2Br)cc1OC. The molecular weight excluding hydrogens is 348 g/mol. The number of methoxy groups -OCH3 is 2. The number of hydrazone groups is 1. The first kappa shape index (κ1) is 16.0. The van der Waals surface area contributed by atoms with E-state index in [0.29, 0.717) is 17.1 Å². The minimum absolute atomic E-state index is 0.329. The molecule has 1 N–H and O–H groups in total. The van der Waals surface area contributed by atoms with Crippen molar-refractivity contribution in [2.75, 3.05) is 14.2 Å². The van der Waals surface area contributed by atoms with E-state index >= 15 is 0 Å². The van der Waals surface area contributed by atoms with Gasteiger partial charge in [-0.05, 0) is 24.3 Å². The minimum atomic E-state index is -0.329. The molecule has 0 radical (unpaired) electrons. The van der Waals surface area contributed by atoms with Crippen molar-refractivity contribution in [1.29, 1.82) is 0 Å². The quantitative estimate of drug-likeness (QED) is 0.656. The average molecular weight is 363 g/mol. The van der Waals surface area contributed by atoms with Gasteiger partial charge in [0, 0.05) is 15.6 Å². The molecular formula is C16H15BrN2O3. The molecule has 0 heterocycles. The van der Waals surface area contributed by atoms with Gasteiger partial charge < -0.3 is 9.47 Å². The van der Waals surface area contributed by atoms with Crippen LogP contribution in [0.3, 0.4) is 0 Å². The number of nitrogens with zero attached hydrogens (tertiary/aromatic N) is 1. The number of halogens is 1. The highest BCUT2D eigenvalue weighted by Crippen LogP contribution is 2.27. The van der Waals surface area contributed by atoms with Gasteiger partial charge in [0.25, 0.3) is 5.91 Å². The molecule has 2 aromatic rings. The van der Waals surface area contributed by atoms with Crippen LogP contribution in [0.5, 0.6) is 11.5 Å². The van der Waals surface area contributed by atoms with Gasteiger partial charge in [-0.1, -0.05) is 34.1 Å². The summed E-state index contributed by atoms with van der Waals surface area (Å²) < 4.78 is 11.2. The standard InChI is InChI=1S/C16H15BrN2O3/c1-21-14-8-7-11(9-15(14)22-2)16(20)19-18-10-12-5-3-4-6-13(12)17/h3-10H,1-2H3,(H,19,20)/b18-10+. The molecule has 0 aromatic heterocycles. The topological polar surface area (TPSA) is 59.9 Å². The Bertz CT molecular complexity index is 702. The lowest BCUT2D eigenvalue weighted by Gasteiger charge is -2.08. The second-order valence-electron chi connectivity index (χ2n) is 4.29. The molecule has 0 bridgehead atoms. The van der Waals surface area contributed by atoms with Crippen molar-refractivity contribution in [3.63, 3.8) is 0 Å². The first-order chi connectivity index (χ1) is 10.7. The Balaban J connectivity index is 2.08. The van der Waals surface area contributed by atoms with Crippen molar-refractivity contribution in [3.8, 4) is 11.5 Å². The van der Waals surface area contributed by atoms with E-state index < -0.39 is 0 Å². The fourth-order valence-electron chi connectivity index (χ4n) is 1.78. The Hall–Kier alpha value is -2.34. The highest BCUT2D eigenvalue weighted by molar-refractivity contribution is 9.10. The highest BCUT2D eigenvalue weighted by atomic mass is 79.9. The summed E-state index contributed by atoms with van der Waals surface area (Å²) in [4.78, 5) is 12.1. The van der Waals surface area contributed by atoms with Gasteiger partial charge in [0.2, 0.25) is 0 Å². The number of carbonyl (C=O) groups excluding carboxylic acids is 1. The molecule has 114 valence electrons. The number of carbonyl (C=O) groups is 1. The fraction of sp³-hybridized carbons (Fsp3) is 0.125. The third-order valence-electron chi connectivity index (χ3n) is 2.92. The van der Waals surface area contributed by atoms with E-state index in [1.54, 1.807) is 31.5 Å². The Kier molecular flexibility index (Phi) is 5.55. The van der Waals surface area contributed by atoms with Crippen LogP contribution in [0, 0.1) is 0 Å². The molecule has 0 spiro atoms. The van der Waals surface area contributed by atoms with Crippen molar-refractivity contribution in [3.05, 3.63) is 58.1 Å². The van der Waals surface area contributed by atoms with Crippen molar-refractivity contribution in [2.24, 2.45) is 5.10 Å². The third kappa shape index (κ3) is 3.85. The van der Waals surface area contributed by atoms with Crippen LogP contribution in [0.4, 0.5) is 0 Å². The summed E-state index contributed by atoms with van der Waals surface area (Å²) in [6.45, 7) is 0. The molecule has 2 aromatic carbocycles. The summed E-state index contributed by atoms with van der Waals surface area (Å²) in [5.74, 6) is 0.727. The van der Waals surface area contributed by atoms with Gasteiger partial charge in [-0.2, -0.15) is 5.10 Å². The molecule has 0 aliphatic heterocycles. The van der Waals surface area contributed by atoms with Gasteiger partial charge in [0.15, 0.2) is 11.5 Å². The number of rotatable bonds is 5. The lowest BCUT2D eigenvalue weighted by molar-refractivity contribution is 0.0954. The van der Waals surface area contributed by atoms with E-state index in [4.69, 9.17) is 9.47 Å². The second kappa shape index (κ2) is 7.61. The fourth-order valence-corrected chi connectivity index (χ4v) is 2.17. The van der Waals surface area contributed by atoms with Crippen molar-refractivity contribution >= 4 is 28.1 Å². The predicted molar refractivity (Wildman–Crippen MR) is 88.7 cm³/mol. The van der Waals surface area contributed by atoms with Crippen LogP contribution < -0.4 is 14.9 Å².